The molecule has 0 bridgehead atoms. The minimum absolute atomic E-state index is 0.0237. The topological polar surface area (TPSA) is 104 Å². The summed E-state index contributed by atoms with van der Waals surface area (Å²) in [5.74, 6) is -1.26. The fraction of sp³-hybridized carbons (Fsp3) is 0.0833. The number of carbonyl (C=O) groups excluding carboxylic acids is 1. The number of amides is 1. The highest BCUT2D eigenvalue weighted by atomic mass is 79.9. The van der Waals surface area contributed by atoms with Crippen molar-refractivity contribution in [2.75, 3.05) is 5.32 Å². The predicted octanol–water partition coefficient (Wildman–Crippen LogP) is 2.62. The number of aromatic nitrogens is 2. The Morgan fingerprint density at radius 2 is 2.05 bits per heavy atom. The van der Waals surface area contributed by atoms with Crippen LogP contribution in [0.4, 0.5) is 10.5 Å². The maximum Gasteiger partial charge on any atom is 0.412 e. The molecule has 104 valence electrons. The second kappa shape index (κ2) is 6.20. The molecule has 8 heteroatoms. The van der Waals surface area contributed by atoms with E-state index in [4.69, 9.17) is 9.84 Å². The zero-order valence-corrected chi connectivity index (χ0v) is 11.7. The number of aromatic carboxylic acids is 1. The van der Waals surface area contributed by atoms with Crippen LogP contribution in [0, 0.1) is 0 Å². The summed E-state index contributed by atoms with van der Waals surface area (Å²) in [5, 5.41) is 17.2. The second-order valence-corrected chi connectivity index (χ2v) is 4.55. The molecule has 0 aliphatic rings. The van der Waals surface area contributed by atoms with Crippen LogP contribution in [-0.2, 0) is 11.3 Å². The molecule has 1 aromatic carbocycles. The minimum Gasteiger partial charge on any atom is -0.476 e. The van der Waals surface area contributed by atoms with Gasteiger partial charge in [0.15, 0.2) is 5.69 Å². The molecule has 0 saturated carbocycles. The monoisotopic (exact) mass is 339 g/mol. The Labute approximate surface area is 122 Å². The first kappa shape index (κ1) is 14.1. The van der Waals surface area contributed by atoms with Gasteiger partial charge in [0.1, 0.15) is 16.9 Å². The highest BCUT2D eigenvalue weighted by molar-refractivity contribution is 9.10. The van der Waals surface area contributed by atoms with Crippen LogP contribution < -0.4 is 5.32 Å². The molecule has 3 N–H and O–H groups in total. The zero-order chi connectivity index (χ0) is 14.5. The van der Waals surface area contributed by atoms with E-state index in [2.05, 4.69) is 31.4 Å². The van der Waals surface area contributed by atoms with Gasteiger partial charge in [-0.15, -0.1) is 0 Å². The number of benzene rings is 1. The van der Waals surface area contributed by atoms with Gasteiger partial charge in [-0.05, 0) is 21.5 Å². The maximum atomic E-state index is 11.6. The zero-order valence-electron chi connectivity index (χ0n) is 10.1. The Morgan fingerprint density at radius 3 is 2.70 bits per heavy atom. The number of ether oxygens (including phenoxy) is 1. The number of hydrogen-bond donors (Lipinski definition) is 3. The number of H-pyrrole nitrogens is 1. The van der Waals surface area contributed by atoms with Crippen molar-refractivity contribution in [2.45, 2.75) is 6.61 Å². The summed E-state index contributed by atoms with van der Waals surface area (Å²) in [7, 11) is 0. The lowest BCUT2D eigenvalue weighted by molar-refractivity contribution is 0.0691. The lowest BCUT2D eigenvalue weighted by atomic mass is 10.2. The van der Waals surface area contributed by atoms with Crippen molar-refractivity contribution in [3.05, 3.63) is 46.2 Å². The number of hydrogen-bond acceptors (Lipinski definition) is 4. The van der Waals surface area contributed by atoms with Crippen LogP contribution in [0.15, 0.2) is 34.9 Å². The molecular formula is C12H10BrN3O4. The number of anilines is 1. The van der Waals surface area contributed by atoms with Crippen molar-refractivity contribution in [1.82, 2.24) is 10.2 Å². The van der Waals surface area contributed by atoms with Crippen LogP contribution in [0.25, 0.3) is 0 Å². The van der Waals surface area contributed by atoms with E-state index in [0.29, 0.717) is 0 Å². The number of carboxylic acids is 1. The van der Waals surface area contributed by atoms with Gasteiger partial charge in [-0.25, -0.2) is 9.59 Å². The third-order valence-electron chi connectivity index (χ3n) is 2.36. The first-order chi connectivity index (χ1) is 9.58. The van der Waals surface area contributed by atoms with E-state index in [0.717, 1.165) is 5.56 Å². The molecule has 1 amide bonds. The van der Waals surface area contributed by atoms with Gasteiger partial charge in [-0.3, -0.25) is 10.4 Å². The Hall–Kier alpha value is -2.35. The molecule has 1 aromatic heterocycles. The number of halogens is 1. The van der Waals surface area contributed by atoms with E-state index in [1.54, 1.807) is 0 Å². The highest BCUT2D eigenvalue weighted by Gasteiger charge is 2.20. The van der Waals surface area contributed by atoms with Gasteiger partial charge in [0.05, 0.1) is 0 Å². The van der Waals surface area contributed by atoms with Crippen molar-refractivity contribution in [3.63, 3.8) is 0 Å². The summed E-state index contributed by atoms with van der Waals surface area (Å²) in [6.45, 7) is 0.0878. The summed E-state index contributed by atoms with van der Waals surface area (Å²) in [5.41, 5.74) is 0.552. The summed E-state index contributed by atoms with van der Waals surface area (Å²) >= 11 is 3.06. The lowest BCUT2D eigenvalue weighted by Gasteiger charge is -2.06. The molecular weight excluding hydrogens is 330 g/mol. The van der Waals surface area contributed by atoms with E-state index in [1.807, 2.05) is 30.3 Å². The van der Waals surface area contributed by atoms with Gasteiger partial charge < -0.3 is 9.84 Å². The van der Waals surface area contributed by atoms with Gasteiger partial charge >= 0.3 is 12.1 Å². The molecule has 0 atom stereocenters. The maximum absolute atomic E-state index is 11.6. The predicted molar refractivity (Wildman–Crippen MR) is 73.5 cm³/mol. The molecule has 0 spiro atoms. The Kier molecular flexibility index (Phi) is 4.36. The molecule has 7 nitrogen and oxygen atoms in total. The van der Waals surface area contributed by atoms with Gasteiger partial charge in [-0.1, -0.05) is 30.3 Å². The van der Waals surface area contributed by atoms with Crippen molar-refractivity contribution in [1.29, 1.82) is 0 Å². The van der Waals surface area contributed by atoms with Crippen molar-refractivity contribution in [2.24, 2.45) is 0 Å². The molecule has 1 heterocycles. The third-order valence-corrected chi connectivity index (χ3v) is 2.94. The Morgan fingerprint density at radius 1 is 1.35 bits per heavy atom. The van der Waals surface area contributed by atoms with Crippen LogP contribution in [0.1, 0.15) is 16.1 Å². The van der Waals surface area contributed by atoms with Gasteiger partial charge in [-0.2, -0.15) is 5.10 Å². The molecule has 0 saturated heterocycles. The number of carbonyl (C=O) groups is 2. The Balaban J connectivity index is 1.98. The van der Waals surface area contributed by atoms with Crippen LogP contribution >= 0.6 is 15.9 Å². The molecule has 2 aromatic rings. The number of nitrogens with zero attached hydrogens (tertiary/aromatic N) is 1. The summed E-state index contributed by atoms with van der Waals surface area (Å²) in [6, 6.07) is 9.12. The first-order valence-electron chi connectivity index (χ1n) is 5.53. The van der Waals surface area contributed by atoms with Crippen molar-refractivity contribution < 1.29 is 19.4 Å². The van der Waals surface area contributed by atoms with E-state index >= 15 is 0 Å². The van der Waals surface area contributed by atoms with Crippen molar-refractivity contribution in [3.8, 4) is 0 Å². The van der Waals surface area contributed by atoms with Crippen LogP contribution in [0.3, 0.4) is 0 Å². The molecule has 0 aliphatic carbocycles. The molecule has 0 aliphatic heterocycles. The highest BCUT2D eigenvalue weighted by Crippen LogP contribution is 2.23. The van der Waals surface area contributed by atoms with Crippen LogP contribution in [0.2, 0.25) is 0 Å². The van der Waals surface area contributed by atoms with E-state index in [9.17, 15) is 9.59 Å². The molecule has 0 fully saturated rings. The van der Waals surface area contributed by atoms with E-state index in [1.165, 1.54) is 0 Å². The normalized spacial score (nSPS) is 10.1. The average molecular weight is 340 g/mol. The summed E-state index contributed by atoms with van der Waals surface area (Å²) < 4.78 is 5.24. The smallest absolute Gasteiger partial charge is 0.412 e. The minimum atomic E-state index is -1.26. The quantitative estimate of drug-likeness (QED) is 0.794. The van der Waals surface area contributed by atoms with Gasteiger partial charge in [0.25, 0.3) is 0 Å². The number of rotatable bonds is 4. The van der Waals surface area contributed by atoms with E-state index < -0.39 is 12.1 Å². The third kappa shape index (κ3) is 3.35. The number of carboxylic acid groups (broad SMARTS) is 1. The summed E-state index contributed by atoms with van der Waals surface area (Å²) in [6.07, 6.45) is -0.765. The lowest BCUT2D eigenvalue weighted by Crippen LogP contribution is -2.15. The number of nitrogens with one attached hydrogen (secondary N) is 2. The fourth-order valence-corrected chi connectivity index (χ4v) is 1.83. The molecule has 20 heavy (non-hydrogen) atoms. The molecule has 0 radical (unpaired) electrons. The van der Waals surface area contributed by atoms with E-state index in [-0.39, 0.29) is 22.6 Å². The van der Waals surface area contributed by atoms with Gasteiger partial charge in [0, 0.05) is 0 Å². The average Bonchev–Trinajstić information content (AvgIpc) is 2.79. The summed E-state index contributed by atoms with van der Waals surface area (Å²) in [4.78, 5) is 22.5. The second-order valence-electron chi connectivity index (χ2n) is 3.75. The van der Waals surface area contributed by atoms with Crippen molar-refractivity contribution >= 4 is 33.7 Å². The SMILES string of the molecule is O=C(Nc1c(C(=O)O)n[nH]c1Br)OCc1ccccc1. The first-order valence-corrected chi connectivity index (χ1v) is 6.32. The fourth-order valence-electron chi connectivity index (χ4n) is 1.45. The molecule has 0 unspecified atom stereocenters. The Bertz CT molecular complexity index is 627. The molecule has 2 rings (SSSR count). The van der Waals surface area contributed by atoms with Crippen LogP contribution in [-0.4, -0.2) is 27.4 Å². The standard InChI is InChI=1S/C12H10BrN3O4/c13-10-8(9(11(17)18)15-16-10)14-12(19)20-6-7-4-2-1-3-5-7/h1-5H,6H2,(H,14,19)(H,15,16)(H,17,18). The largest absolute Gasteiger partial charge is 0.476 e. The van der Waals surface area contributed by atoms with Crippen LogP contribution in [0.5, 0.6) is 0 Å². The number of aromatic amines is 1. The van der Waals surface area contributed by atoms with Gasteiger partial charge in [0.2, 0.25) is 0 Å².